The fourth-order valence-electron chi connectivity index (χ4n) is 2.59. The van der Waals surface area contributed by atoms with E-state index in [1.165, 1.54) is 34.6 Å². The number of rotatable bonds is 6. The van der Waals surface area contributed by atoms with Crippen LogP contribution in [-0.2, 0) is 17.6 Å². The Morgan fingerprint density at radius 1 is 1.52 bits per heavy atom. The van der Waals surface area contributed by atoms with E-state index in [-0.39, 0.29) is 18.9 Å². The second kappa shape index (κ2) is 7.04. The highest BCUT2D eigenvalue weighted by atomic mass is 32.1. The topological polar surface area (TPSA) is 86.6 Å². The lowest BCUT2D eigenvalue weighted by Crippen LogP contribution is -2.29. The van der Waals surface area contributed by atoms with E-state index in [0.717, 1.165) is 12.8 Å². The van der Waals surface area contributed by atoms with Crippen LogP contribution in [0, 0.1) is 5.92 Å². The standard InChI is InChI=1S/C15H21NO4S/c1-2-9-3-4-12-10(7-9)8-13(21-12)14(18)16-6-5-11(17)15(19)20/h8-9,11,17H,2-7H2,1H3,(H,16,18)(H,19,20). The van der Waals surface area contributed by atoms with Crippen molar-refractivity contribution in [1.82, 2.24) is 5.32 Å². The first kappa shape index (κ1) is 16.0. The molecule has 2 unspecified atom stereocenters. The van der Waals surface area contributed by atoms with Gasteiger partial charge >= 0.3 is 5.97 Å². The molecule has 21 heavy (non-hydrogen) atoms. The van der Waals surface area contributed by atoms with Crippen molar-refractivity contribution in [2.24, 2.45) is 5.92 Å². The Bertz CT molecular complexity index is 526. The van der Waals surface area contributed by atoms with Gasteiger partial charge in [-0.05, 0) is 36.8 Å². The summed E-state index contributed by atoms with van der Waals surface area (Å²) in [6, 6.07) is 1.96. The average Bonchev–Trinajstić information content (AvgIpc) is 2.89. The molecule has 116 valence electrons. The van der Waals surface area contributed by atoms with Gasteiger partial charge in [0, 0.05) is 17.8 Å². The van der Waals surface area contributed by atoms with Gasteiger partial charge in [0.2, 0.25) is 0 Å². The molecule has 0 bridgehead atoms. The minimum atomic E-state index is -1.42. The van der Waals surface area contributed by atoms with Crippen LogP contribution in [0.5, 0.6) is 0 Å². The van der Waals surface area contributed by atoms with Gasteiger partial charge in [0.15, 0.2) is 6.10 Å². The molecule has 1 aliphatic carbocycles. The molecule has 0 saturated carbocycles. The van der Waals surface area contributed by atoms with Crippen LogP contribution in [0.15, 0.2) is 6.07 Å². The van der Waals surface area contributed by atoms with Crippen LogP contribution in [0.1, 0.15) is 46.3 Å². The number of carbonyl (C=O) groups excluding carboxylic acids is 1. The molecule has 0 saturated heterocycles. The van der Waals surface area contributed by atoms with Gasteiger partial charge in [-0.1, -0.05) is 13.3 Å². The average molecular weight is 311 g/mol. The number of hydrogen-bond donors (Lipinski definition) is 3. The first-order valence-corrected chi connectivity index (χ1v) is 8.13. The quantitative estimate of drug-likeness (QED) is 0.748. The lowest BCUT2D eigenvalue weighted by Gasteiger charge is -2.19. The summed E-state index contributed by atoms with van der Waals surface area (Å²) in [4.78, 5) is 24.5. The minimum absolute atomic E-state index is 0.0179. The predicted molar refractivity (Wildman–Crippen MR) is 80.7 cm³/mol. The Morgan fingerprint density at radius 3 is 2.95 bits per heavy atom. The molecule has 0 fully saturated rings. The SMILES string of the molecule is CCC1CCc2sc(C(=O)NCCC(O)C(=O)O)cc2C1. The summed E-state index contributed by atoms with van der Waals surface area (Å²) in [6.07, 6.45) is 3.05. The molecule has 6 heteroatoms. The van der Waals surface area contributed by atoms with Gasteiger partial charge in [-0.25, -0.2) is 4.79 Å². The van der Waals surface area contributed by atoms with E-state index in [1.807, 2.05) is 6.07 Å². The predicted octanol–water partition coefficient (Wildman–Crippen LogP) is 1.83. The molecule has 1 aromatic rings. The summed E-state index contributed by atoms with van der Waals surface area (Å²) < 4.78 is 0. The number of thiophene rings is 1. The monoisotopic (exact) mass is 311 g/mol. The Hall–Kier alpha value is -1.40. The Balaban J connectivity index is 1.89. The molecule has 1 aromatic heterocycles. The normalized spacial score (nSPS) is 18.9. The van der Waals surface area contributed by atoms with Crippen LogP contribution in [0.25, 0.3) is 0 Å². The molecule has 3 N–H and O–H groups in total. The van der Waals surface area contributed by atoms with Crippen LogP contribution in [0.4, 0.5) is 0 Å². The molecular weight excluding hydrogens is 290 g/mol. The molecule has 5 nitrogen and oxygen atoms in total. The van der Waals surface area contributed by atoms with Crippen molar-refractivity contribution >= 4 is 23.2 Å². The third kappa shape index (κ3) is 4.04. The summed E-state index contributed by atoms with van der Waals surface area (Å²) in [7, 11) is 0. The molecule has 0 spiro atoms. The van der Waals surface area contributed by atoms with Crippen LogP contribution in [0.3, 0.4) is 0 Å². The smallest absolute Gasteiger partial charge is 0.332 e. The van der Waals surface area contributed by atoms with Gasteiger partial charge in [0.05, 0.1) is 4.88 Å². The zero-order valence-electron chi connectivity index (χ0n) is 12.1. The summed E-state index contributed by atoms with van der Waals surface area (Å²) in [5, 5.41) is 20.4. The zero-order valence-corrected chi connectivity index (χ0v) is 12.9. The summed E-state index contributed by atoms with van der Waals surface area (Å²) in [5.41, 5.74) is 1.29. The second-order valence-corrected chi connectivity index (χ2v) is 6.61. The number of nitrogens with one attached hydrogen (secondary N) is 1. The van der Waals surface area contributed by atoms with Gasteiger partial charge in [-0.15, -0.1) is 11.3 Å². The molecule has 2 atom stereocenters. The largest absolute Gasteiger partial charge is 0.479 e. The number of amides is 1. The Labute approximate surface area is 128 Å². The lowest BCUT2D eigenvalue weighted by molar-refractivity contribution is -0.146. The van der Waals surface area contributed by atoms with E-state index in [1.54, 1.807) is 0 Å². The van der Waals surface area contributed by atoms with E-state index in [9.17, 15) is 9.59 Å². The number of carbonyl (C=O) groups is 2. The fourth-order valence-corrected chi connectivity index (χ4v) is 3.72. The molecule has 1 heterocycles. The van der Waals surface area contributed by atoms with Crippen LogP contribution < -0.4 is 5.32 Å². The molecule has 0 aliphatic heterocycles. The minimum Gasteiger partial charge on any atom is -0.479 e. The number of carboxylic acid groups (broad SMARTS) is 1. The number of aliphatic hydroxyl groups excluding tert-OH is 1. The maximum Gasteiger partial charge on any atom is 0.332 e. The number of hydrogen-bond acceptors (Lipinski definition) is 4. The Kier molecular flexibility index (Phi) is 5.36. The number of carboxylic acids is 1. The molecule has 1 amide bonds. The van der Waals surface area contributed by atoms with Gasteiger partial charge in [-0.2, -0.15) is 0 Å². The molecular formula is C15H21NO4S. The highest BCUT2D eigenvalue weighted by Gasteiger charge is 2.22. The third-order valence-corrected chi connectivity index (χ3v) is 5.21. The number of fused-ring (bicyclic) bond motifs is 1. The van der Waals surface area contributed by atoms with E-state index in [0.29, 0.717) is 10.8 Å². The van der Waals surface area contributed by atoms with Crippen molar-refractivity contribution < 1.29 is 19.8 Å². The molecule has 1 aliphatic rings. The molecule has 0 aromatic carbocycles. The molecule has 2 rings (SSSR count). The van der Waals surface area contributed by atoms with E-state index >= 15 is 0 Å². The van der Waals surface area contributed by atoms with E-state index in [2.05, 4.69) is 12.2 Å². The van der Waals surface area contributed by atoms with Gasteiger partial charge in [0.1, 0.15) is 0 Å². The zero-order chi connectivity index (χ0) is 15.4. The van der Waals surface area contributed by atoms with Crippen LogP contribution in [-0.4, -0.2) is 34.7 Å². The first-order valence-electron chi connectivity index (χ1n) is 7.32. The van der Waals surface area contributed by atoms with Crippen molar-refractivity contribution in [2.45, 2.75) is 45.1 Å². The fraction of sp³-hybridized carbons (Fsp3) is 0.600. The first-order chi connectivity index (χ1) is 10.0. The van der Waals surface area contributed by atoms with E-state index in [4.69, 9.17) is 10.2 Å². The summed E-state index contributed by atoms with van der Waals surface area (Å²) >= 11 is 1.53. The van der Waals surface area contributed by atoms with Crippen molar-refractivity contribution in [3.8, 4) is 0 Å². The summed E-state index contributed by atoms with van der Waals surface area (Å²) in [5.74, 6) is -0.727. The van der Waals surface area contributed by atoms with Crippen molar-refractivity contribution in [3.05, 3.63) is 21.4 Å². The summed E-state index contributed by atoms with van der Waals surface area (Å²) in [6.45, 7) is 2.36. The van der Waals surface area contributed by atoms with Crippen LogP contribution in [0.2, 0.25) is 0 Å². The van der Waals surface area contributed by atoms with Crippen molar-refractivity contribution in [2.75, 3.05) is 6.54 Å². The second-order valence-electron chi connectivity index (χ2n) is 5.47. The van der Waals surface area contributed by atoms with Crippen LogP contribution >= 0.6 is 11.3 Å². The number of aliphatic carboxylic acids is 1. The Morgan fingerprint density at radius 2 is 2.29 bits per heavy atom. The van der Waals surface area contributed by atoms with Gasteiger partial charge in [-0.3, -0.25) is 4.79 Å². The highest BCUT2D eigenvalue weighted by Crippen LogP contribution is 2.33. The van der Waals surface area contributed by atoms with Crippen molar-refractivity contribution in [1.29, 1.82) is 0 Å². The lowest BCUT2D eigenvalue weighted by atomic mass is 9.87. The number of aryl methyl sites for hydroxylation is 1. The number of aliphatic hydroxyl groups is 1. The maximum absolute atomic E-state index is 12.0. The highest BCUT2D eigenvalue weighted by molar-refractivity contribution is 7.14. The third-order valence-electron chi connectivity index (χ3n) is 3.97. The molecule has 0 radical (unpaired) electrons. The maximum atomic E-state index is 12.0. The van der Waals surface area contributed by atoms with Gasteiger partial charge in [0.25, 0.3) is 5.91 Å². The van der Waals surface area contributed by atoms with Crippen molar-refractivity contribution in [3.63, 3.8) is 0 Å². The van der Waals surface area contributed by atoms with Gasteiger partial charge < -0.3 is 15.5 Å². The van der Waals surface area contributed by atoms with E-state index < -0.39 is 12.1 Å².